The Bertz CT molecular complexity index is 705. The van der Waals surface area contributed by atoms with Crippen LogP contribution in [0.3, 0.4) is 0 Å². The Hall–Kier alpha value is -2.61. The normalized spacial score (nSPS) is 15.3. The molecule has 2 heterocycles. The molecule has 0 spiro atoms. The van der Waals surface area contributed by atoms with Gasteiger partial charge in [-0.15, -0.1) is 0 Å². The number of carbonyl (C=O) groups is 1. The summed E-state index contributed by atoms with van der Waals surface area (Å²) < 4.78 is 26.0. The number of nitrogens with one attached hydrogen (secondary N) is 1. The van der Waals surface area contributed by atoms with Crippen LogP contribution in [-0.4, -0.2) is 53.5 Å². The Morgan fingerprint density at radius 1 is 1.08 bits per heavy atom. The van der Waals surface area contributed by atoms with Crippen molar-refractivity contribution in [2.24, 2.45) is 0 Å². The predicted molar refractivity (Wildman–Crippen MR) is 85.7 cm³/mol. The third-order valence-electron chi connectivity index (χ3n) is 3.78. The number of benzene rings is 1. The van der Waals surface area contributed by atoms with E-state index < -0.39 is 11.6 Å². The summed E-state index contributed by atoms with van der Waals surface area (Å²) in [6, 6.07) is 5.06. The van der Waals surface area contributed by atoms with Crippen LogP contribution in [0.5, 0.6) is 0 Å². The minimum atomic E-state index is -0.982. The third kappa shape index (κ3) is 4.02. The highest BCUT2D eigenvalue weighted by molar-refractivity contribution is 5.92. The molecule has 0 radical (unpaired) electrons. The number of carbonyl (C=O) groups excluding carboxylic acids is 1. The first-order valence-electron chi connectivity index (χ1n) is 7.61. The minimum absolute atomic E-state index is 0.197. The molecule has 1 aromatic heterocycles. The number of hydrogen-bond donors (Lipinski definition) is 1. The lowest BCUT2D eigenvalue weighted by Crippen LogP contribution is -2.49. The average Bonchev–Trinajstić information content (AvgIpc) is 2.59. The van der Waals surface area contributed by atoms with Crippen LogP contribution >= 0.6 is 0 Å². The van der Waals surface area contributed by atoms with E-state index in [9.17, 15) is 13.6 Å². The van der Waals surface area contributed by atoms with Gasteiger partial charge in [0.15, 0.2) is 11.6 Å². The lowest BCUT2D eigenvalue weighted by molar-refractivity contribution is -0.117. The van der Waals surface area contributed by atoms with Crippen molar-refractivity contribution in [3.05, 3.63) is 48.3 Å². The lowest BCUT2D eigenvalue weighted by Gasteiger charge is -2.34. The molecule has 0 atom stereocenters. The van der Waals surface area contributed by atoms with Crippen LogP contribution in [-0.2, 0) is 4.79 Å². The van der Waals surface area contributed by atoms with Gasteiger partial charge >= 0.3 is 0 Å². The molecule has 2 aromatic rings. The van der Waals surface area contributed by atoms with E-state index in [1.807, 2.05) is 4.90 Å². The van der Waals surface area contributed by atoms with Crippen molar-refractivity contribution in [2.45, 2.75) is 0 Å². The molecule has 126 valence electrons. The maximum atomic E-state index is 13.1. The molecular weight excluding hydrogens is 316 g/mol. The summed E-state index contributed by atoms with van der Waals surface area (Å²) in [6.07, 6.45) is 3.40. The van der Waals surface area contributed by atoms with E-state index in [0.717, 1.165) is 25.2 Å². The highest BCUT2D eigenvalue weighted by Crippen LogP contribution is 2.13. The summed E-state index contributed by atoms with van der Waals surface area (Å²) in [5.41, 5.74) is 0.246. The van der Waals surface area contributed by atoms with Crippen LogP contribution in [0.25, 0.3) is 0 Å². The number of rotatable bonds is 4. The first-order valence-corrected chi connectivity index (χ1v) is 7.61. The summed E-state index contributed by atoms with van der Waals surface area (Å²) in [4.78, 5) is 24.5. The van der Waals surface area contributed by atoms with E-state index in [-0.39, 0.29) is 18.1 Å². The van der Waals surface area contributed by atoms with Gasteiger partial charge in [-0.25, -0.2) is 18.7 Å². The Kier molecular flexibility index (Phi) is 4.95. The van der Waals surface area contributed by atoms with E-state index >= 15 is 0 Å². The fourth-order valence-corrected chi connectivity index (χ4v) is 2.54. The molecule has 0 unspecified atom stereocenters. The standard InChI is InChI=1S/C16H17F2N5O/c17-13-3-2-12(10-14(13)18)21-15(24)11-22-6-8-23(9-7-22)16-19-4-1-5-20-16/h1-5,10H,6-9,11H2,(H,21,24). The van der Waals surface area contributed by atoms with Gasteiger partial charge in [0, 0.05) is 50.3 Å². The topological polar surface area (TPSA) is 61.4 Å². The molecule has 0 aliphatic carbocycles. The minimum Gasteiger partial charge on any atom is -0.338 e. The summed E-state index contributed by atoms with van der Waals surface area (Å²) in [6.45, 7) is 3.04. The Morgan fingerprint density at radius 3 is 2.46 bits per heavy atom. The van der Waals surface area contributed by atoms with Crippen molar-refractivity contribution < 1.29 is 13.6 Å². The second-order valence-electron chi connectivity index (χ2n) is 5.49. The van der Waals surface area contributed by atoms with Crippen LogP contribution < -0.4 is 10.2 Å². The van der Waals surface area contributed by atoms with E-state index in [4.69, 9.17) is 0 Å². The molecule has 1 saturated heterocycles. The SMILES string of the molecule is O=C(CN1CCN(c2ncccn2)CC1)Nc1ccc(F)c(F)c1. The molecule has 24 heavy (non-hydrogen) atoms. The molecular formula is C16H17F2N5O. The zero-order chi connectivity index (χ0) is 16.9. The largest absolute Gasteiger partial charge is 0.338 e. The number of hydrogen-bond acceptors (Lipinski definition) is 5. The van der Waals surface area contributed by atoms with Gasteiger partial charge in [-0.2, -0.15) is 0 Å². The fourth-order valence-electron chi connectivity index (χ4n) is 2.54. The molecule has 6 nitrogen and oxygen atoms in total. The molecule has 0 saturated carbocycles. The number of nitrogens with zero attached hydrogens (tertiary/aromatic N) is 4. The zero-order valence-electron chi connectivity index (χ0n) is 13.0. The van der Waals surface area contributed by atoms with Crippen molar-refractivity contribution in [3.63, 3.8) is 0 Å². The van der Waals surface area contributed by atoms with Gasteiger partial charge in [0.1, 0.15) is 0 Å². The number of anilines is 2. The van der Waals surface area contributed by atoms with Gasteiger partial charge in [0.25, 0.3) is 0 Å². The number of piperazine rings is 1. The molecule has 3 rings (SSSR count). The fraction of sp³-hybridized carbons (Fsp3) is 0.312. The van der Waals surface area contributed by atoms with Gasteiger partial charge in [0.05, 0.1) is 6.54 Å². The van der Waals surface area contributed by atoms with E-state index in [1.54, 1.807) is 18.5 Å². The second kappa shape index (κ2) is 7.31. The van der Waals surface area contributed by atoms with Crippen LogP contribution in [0, 0.1) is 11.6 Å². The van der Waals surface area contributed by atoms with E-state index in [1.165, 1.54) is 6.07 Å². The van der Waals surface area contributed by atoms with Crippen LogP contribution in [0.15, 0.2) is 36.7 Å². The van der Waals surface area contributed by atoms with Gasteiger partial charge in [-0.3, -0.25) is 9.69 Å². The maximum absolute atomic E-state index is 13.1. The number of halogens is 2. The first kappa shape index (κ1) is 16.3. The number of aromatic nitrogens is 2. The highest BCUT2D eigenvalue weighted by Gasteiger charge is 2.20. The molecule has 1 amide bonds. The van der Waals surface area contributed by atoms with Crippen molar-refractivity contribution >= 4 is 17.5 Å². The lowest BCUT2D eigenvalue weighted by atomic mass is 10.3. The monoisotopic (exact) mass is 333 g/mol. The van der Waals surface area contributed by atoms with Crippen molar-refractivity contribution in [3.8, 4) is 0 Å². The maximum Gasteiger partial charge on any atom is 0.238 e. The zero-order valence-corrected chi connectivity index (χ0v) is 13.0. The molecule has 1 aliphatic heterocycles. The summed E-state index contributed by atoms with van der Waals surface area (Å²) in [5.74, 6) is -1.50. The van der Waals surface area contributed by atoms with Crippen molar-refractivity contribution in [2.75, 3.05) is 42.9 Å². The summed E-state index contributed by atoms with van der Waals surface area (Å²) in [5, 5.41) is 2.57. The quantitative estimate of drug-likeness (QED) is 0.919. The van der Waals surface area contributed by atoms with E-state index in [0.29, 0.717) is 19.0 Å². The number of amides is 1. The van der Waals surface area contributed by atoms with Crippen LogP contribution in [0.2, 0.25) is 0 Å². The Labute approximate surface area is 138 Å². The summed E-state index contributed by atoms with van der Waals surface area (Å²) in [7, 11) is 0. The van der Waals surface area contributed by atoms with E-state index in [2.05, 4.69) is 20.2 Å². The Morgan fingerprint density at radius 2 is 1.79 bits per heavy atom. The van der Waals surface area contributed by atoms with Gasteiger partial charge in [0.2, 0.25) is 11.9 Å². The third-order valence-corrected chi connectivity index (χ3v) is 3.78. The molecule has 8 heteroatoms. The molecule has 1 fully saturated rings. The Balaban J connectivity index is 1.49. The molecule has 1 N–H and O–H groups in total. The smallest absolute Gasteiger partial charge is 0.238 e. The second-order valence-corrected chi connectivity index (χ2v) is 5.49. The van der Waals surface area contributed by atoms with Gasteiger partial charge in [-0.05, 0) is 18.2 Å². The first-order chi connectivity index (χ1) is 11.6. The van der Waals surface area contributed by atoms with Crippen LogP contribution in [0.4, 0.5) is 20.4 Å². The van der Waals surface area contributed by atoms with Crippen LogP contribution in [0.1, 0.15) is 0 Å². The highest BCUT2D eigenvalue weighted by atomic mass is 19.2. The predicted octanol–water partition coefficient (Wildman–Crippen LogP) is 1.52. The molecule has 0 bridgehead atoms. The summed E-state index contributed by atoms with van der Waals surface area (Å²) >= 11 is 0. The average molecular weight is 333 g/mol. The van der Waals surface area contributed by atoms with Crippen molar-refractivity contribution in [1.82, 2.24) is 14.9 Å². The van der Waals surface area contributed by atoms with Gasteiger partial charge in [-0.1, -0.05) is 0 Å². The van der Waals surface area contributed by atoms with Crippen molar-refractivity contribution in [1.29, 1.82) is 0 Å². The van der Waals surface area contributed by atoms with Gasteiger partial charge < -0.3 is 10.2 Å². The molecule has 1 aromatic carbocycles. The molecule has 1 aliphatic rings.